The second-order valence-electron chi connectivity index (χ2n) is 4.35. The van der Waals surface area contributed by atoms with E-state index in [0.717, 1.165) is 18.8 Å². The van der Waals surface area contributed by atoms with Crippen LogP contribution in [0.5, 0.6) is 0 Å². The monoisotopic (exact) mass is 229 g/mol. The maximum absolute atomic E-state index is 11.3. The maximum atomic E-state index is 11.3. The van der Waals surface area contributed by atoms with E-state index in [1.54, 1.807) is 0 Å². The third-order valence-corrected chi connectivity index (χ3v) is 2.63. The van der Waals surface area contributed by atoms with E-state index < -0.39 is 0 Å². The molecule has 0 aromatic heterocycles. The van der Waals surface area contributed by atoms with Crippen molar-refractivity contribution in [2.45, 2.75) is 72.4 Å². The quantitative estimate of drug-likeness (QED) is 0.780. The molecule has 0 heterocycles. The minimum atomic E-state index is -0.271. The minimum Gasteiger partial charge on any atom is -0.447 e. The molecular weight excluding hydrogens is 202 g/mol. The van der Waals surface area contributed by atoms with Crippen LogP contribution in [0, 0.1) is 5.92 Å². The Balaban J connectivity index is 0.00000106. The normalized spacial score (nSPS) is 17.8. The van der Waals surface area contributed by atoms with Crippen LogP contribution < -0.4 is 5.32 Å². The van der Waals surface area contributed by atoms with Gasteiger partial charge in [0.25, 0.3) is 0 Å². The molecule has 2 unspecified atom stereocenters. The van der Waals surface area contributed by atoms with Gasteiger partial charge in [0.15, 0.2) is 0 Å². The summed E-state index contributed by atoms with van der Waals surface area (Å²) in [5.41, 5.74) is 0. The third-order valence-electron chi connectivity index (χ3n) is 2.63. The molecule has 16 heavy (non-hydrogen) atoms. The minimum absolute atomic E-state index is 0.0168. The summed E-state index contributed by atoms with van der Waals surface area (Å²) < 4.78 is 5.12. The number of ether oxygens (including phenoxy) is 1. The molecule has 0 saturated heterocycles. The standard InChI is InChI=1S/C11H21NO2.C2H6/c1-4-9(3)14-11(13)12-8(2)7-10-5-6-10;1-2/h8-10H,4-7H2,1-3H3,(H,12,13);1-2H3. The molecule has 2 atom stereocenters. The van der Waals surface area contributed by atoms with Crippen LogP contribution in [0.4, 0.5) is 4.79 Å². The van der Waals surface area contributed by atoms with Gasteiger partial charge >= 0.3 is 6.09 Å². The van der Waals surface area contributed by atoms with Crippen LogP contribution in [0.3, 0.4) is 0 Å². The van der Waals surface area contributed by atoms with Crippen LogP contribution in [0.2, 0.25) is 0 Å². The number of carbonyl (C=O) groups is 1. The van der Waals surface area contributed by atoms with Gasteiger partial charge in [-0.25, -0.2) is 4.79 Å². The van der Waals surface area contributed by atoms with Crippen LogP contribution in [-0.4, -0.2) is 18.2 Å². The zero-order valence-corrected chi connectivity index (χ0v) is 11.4. The Morgan fingerprint density at radius 1 is 1.38 bits per heavy atom. The van der Waals surface area contributed by atoms with Gasteiger partial charge in [0.2, 0.25) is 0 Å². The largest absolute Gasteiger partial charge is 0.447 e. The molecule has 1 rings (SSSR count). The molecule has 0 aliphatic heterocycles. The van der Waals surface area contributed by atoms with E-state index in [0.29, 0.717) is 0 Å². The molecule has 3 heteroatoms. The fraction of sp³-hybridized carbons (Fsp3) is 0.923. The van der Waals surface area contributed by atoms with Crippen molar-refractivity contribution in [3.8, 4) is 0 Å². The van der Waals surface area contributed by atoms with Gasteiger partial charge in [0.05, 0.1) is 0 Å². The smallest absolute Gasteiger partial charge is 0.407 e. The first-order chi connectivity index (χ1) is 7.61. The van der Waals surface area contributed by atoms with Gasteiger partial charge in [-0.15, -0.1) is 0 Å². The van der Waals surface area contributed by atoms with Crippen molar-refractivity contribution >= 4 is 6.09 Å². The molecule has 0 aromatic rings. The number of alkyl carbamates (subject to hydrolysis) is 1. The second-order valence-corrected chi connectivity index (χ2v) is 4.35. The lowest BCUT2D eigenvalue weighted by Gasteiger charge is -2.16. The van der Waals surface area contributed by atoms with E-state index in [9.17, 15) is 4.79 Å². The molecule has 0 radical (unpaired) electrons. The van der Waals surface area contributed by atoms with Crippen LogP contribution >= 0.6 is 0 Å². The van der Waals surface area contributed by atoms with Crippen molar-refractivity contribution in [2.24, 2.45) is 5.92 Å². The number of carbonyl (C=O) groups excluding carboxylic acids is 1. The Bertz CT molecular complexity index is 190. The summed E-state index contributed by atoms with van der Waals surface area (Å²) in [4.78, 5) is 11.3. The molecule has 0 bridgehead atoms. The van der Waals surface area contributed by atoms with E-state index >= 15 is 0 Å². The number of amides is 1. The summed E-state index contributed by atoms with van der Waals surface area (Å²) in [5, 5.41) is 2.86. The molecule has 1 aliphatic rings. The molecule has 96 valence electrons. The van der Waals surface area contributed by atoms with E-state index in [1.165, 1.54) is 12.8 Å². The van der Waals surface area contributed by atoms with Crippen LogP contribution in [-0.2, 0) is 4.74 Å². The average molecular weight is 229 g/mol. The topological polar surface area (TPSA) is 38.3 Å². The predicted molar refractivity (Wildman–Crippen MR) is 67.5 cm³/mol. The first-order valence-corrected chi connectivity index (χ1v) is 6.59. The highest BCUT2D eigenvalue weighted by atomic mass is 16.6. The molecule has 1 N–H and O–H groups in total. The van der Waals surface area contributed by atoms with Crippen molar-refractivity contribution in [2.75, 3.05) is 0 Å². The zero-order valence-electron chi connectivity index (χ0n) is 11.4. The van der Waals surface area contributed by atoms with Gasteiger partial charge in [0, 0.05) is 6.04 Å². The van der Waals surface area contributed by atoms with Gasteiger partial charge in [-0.05, 0) is 32.6 Å². The fourth-order valence-corrected chi connectivity index (χ4v) is 1.41. The third kappa shape index (κ3) is 7.55. The summed E-state index contributed by atoms with van der Waals surface area (Å²) in [7, 11) is 0. The highest BCUT2D eigenvalue weighted by molar-refractivity contribution is 5.67. The second kappa shape index (κ2) is 8.43. The molecular formula is C13H27NO2. The first kappa shape index (κ1) is 15.3. The summed E-state index contributed by atoms with van der Waals surface area (Å²) in [6.07, 6.45) is 4.36. The van der Waals surface area contributed by atoms with Crippen LogP contribution in [0.15, 0.2) is 0 Å². The van der Waals surface area contributed by atoms with Crippen molar-refractivity contribution in [3.05, 3.63) is 0 Å². The van der Waals surface area contributed by atoms with Gasteiger partial charge < -0.3 is 10.1 Å². The van der Waals surface area contributed by atoms with Crippen molar-refractivity contribution in [1.82, 2.24) is 5.32 Å². The molecule has 1 aliphatic carbocycles. The Labute approximate surface area is 99.9 Å². The van der Waals surface area contributed by atoms with E-state index in [2.05, 4.69) is 5.32 Å². The maximum Gasteiger partial charge on any atom is 0.407 e. The Morgan fingerprint density at radius 2 is 1.94 bits per heavy atom. The summed E-state index contributed by atoms with van der Waals surface area (Å²) in [5.74, 6) is 0.842. The number of nitrogens with one attached hydrogen (secondary N) is 1. The zero-order chi connectivity index (χ0) is 12.6. The SMILES string of the molecule is CC.CCC(C)OC(=O)NC(C)CC1CC1. The highest BCUT2D eigenvalue weighted by Gasteiger charge is 2.24. The summed E-state index contributed by atoms with van der Waals surface area (Å²) in [6, 6.07) is 0.249. The lowest BCUT2D eigenvalue weighted by Crippen LogP contribution is -2.35. The number of rotatable bonds is 5. The van der Waals surface area contributed by atoms with E-state index in [4.69, 9.17) is 4.74 Å². The van der Waals surface area contributed by atoms with E-state index in [-0.39, 0.29) is 18.2 Å². The lowest BCUT2D eigenvalue weighted by atomic mass is 10.2. The predicted octanol–water partition coefficient (Wildman–Crippen LogP) is 3.73. The van der Waals surface area contributed by atoms with Crippen LogP contribution in [0.25, 0.3) is 0 Å². The average Bonchev–Trinajstić information content (AvgIpc) is 3.04. The van der Waals surface area contributed by atoms with Gasteiger partial charge in [-0.1, -0.05) is 33.6 Å². The van der Waals surface area contributed by atoms with Crippen molar-refractivity contribution in [3.63, 3.8) is 0 Å². The van der Waals surface area contributed by atoms with Gasteiger partial charge in [-0.2, -0.15) is 0 Å². The molecule has 0 spiro atoms. The molecule has 1 saturated carbocycles. The lowest BCUT2D eigenvalue weighted by molar-refractivity contribution is 0.102. The van der Waals surface area contributed by atoms with Gasteiger partial charge in [-0.3, -0.25) is 0 Å². The molecule has 1 amide bonds. The Hall–Kier alpha value is -0.730. The first-order valence-electron chi connectivity index (χ1n) is 6.59. The number of hydrogen-bond acceptors (Lipinski definition) is 2. The van der Waals surface area contributed by atoms with Crippen molar-refractivity contribution < 1.29 is 9.53 Å². The molecule has 3 nitrogen and oxygen atoms in total. The van der Waals surface area contributed by atoms with Crippen LogP contribution in [0.1, 0.15) is 60.3 Å². The Morgan fingerprint density at radius 3 is 2.38 bits per heavy atom. The van der Waals surface area contributed by atoms with Gasteiger partial charge in [0.1, 0.15) is 6.10 Å². The summed E-state index contributed by atoms with van der Waals surface area (Å²) in [6.45, 7) is 9.95. The fourth-order valence-electron chi connectivity index (χ4n) is 1.41. The van der Waals surface area contributed by atoms with E-state index in [1.807, 2.05) is 34.6 Å². The molecule has 1 fully saturated rings. The highest BCUT2D eigenvalue weighted by Crippen LogP contribution is 2.33. The molecule has 0 aromatic carbocycles. The Kier molecular flexibility index (Phi) is 8.04. The number of hydrogen-bond donors (Lipinski definition) is 1. The van der Waals surface area contributed by atoms with Crippen molar-refractivity contribution in [1.29, 1.82) is 0 Å². The summed E-state index contributed by atoms with van der Waals surface area (Å²) >= 11 is 0.